The molecule has 0 saturated heterocycles. The Balaban J connectivity index is 6.34. The van der Waals surface area contributed by atoms with Crippen molar-refractivity contribution in [2.75, 3.05) is 0 Å². The Morgan fingerprint density at radius 3 is 1.59 bits per heavy atom. The average molecular weight is 344 g/mol. The Morgan fingerprint density at radius 2 is 1.36 bits per heavy atom. The number of ketones is 3. The summed E-state index contributed by atoms with van der Waals surface area (Å²) >= 11 is -4.24. The number of carbonyl (C=O) groups excluding carboxylic acids is 3. The maximum atomic E-state index is 12.4. The van der Waals surface area contributed by atoms with Gasteiger partial charge in [-0.1, -0.05) is 0 Å². The molecule has 22 heavy (non-hydrogen) atoms. The summed E-state index contributed by atoms with van der Waals surface area (Å²) in [6.45, 7) is 15.6. The fourth-order valence-electron chi connectivity index (χ4n) is 1.95. The van der Waals surface area contributed by atoms with Gasteiger partial charge < -0.3 is 0 Å². The second-order valence-electron chi connectivity index (χ2n) is 5.31. The second kappa shape index (κ2) is 7.78. The molecule has 0 aliphatic heterocycles. The first kappa shape index (κ1) is 20.7. The normalized spacial score (nSPS) is 13.2. The van der Waals surface area contributed by atoms with Gasteiger partial charge in [-0.15, -0.1) is 0 Å². The first-order valence-corrected chi connectivity index (χ1v) is 8.35. The van der Waals surface area contributed by atoms with Gasteiger partial charge in [-0.05, 0) is 0 Å². The van der Waals surface area contributed by atoms with E-state index in [9.17, 15) is 17.7 Å². The third-order valence-corrected chi connectivity index (χ3v) is 3.99. The molecule has 0 amide bonds. The molecule has 0 fully saturated rings. The predicted molar refractivity (Wildman–Crippen MR) is 75.3 cm³/mol. The van der Waals surface area contributed by atoms with Crippen LogP contribution < -0.4 is 0 Å². The van der Waals surface area contributed by atoms with Crippen molar-refractivity contribution in [1.29, 1.82) is 0 Å². The number of rotatable bonds is 9. The zero-order chi connectivity index (χ0) is 17.8. The summed E-state index contributed by atoms with van der Waals surface area (Å²) in [5.74, 6) is -3.92. The Bertz CT molecular complexity index is 563. The first-order valence-electron chi connectivity index (χ1n) is 6.38. The number of carbonyl (C=O) groups is 3. The van der Waals surface area contributed by atoms with E-state index >= 15 is 0 Å². The summed E-state index contributed by atoms with van der Waals surface area (Å²) < 4.78 is 25.3. The molecular weight excluding hydrogens is 324 g/mol. The molecule has 0 rings (SSSR count). The van der Waals surface area contributed by atoms with Crippen molar-refractivity contribution in [3.8, 4) is 0 Å². The average Bonchev–Trinajstić information content (AvgIpc) is 2.36. The minimum atomic E-state index is -4.24. The van der Waals surface area contributed by atoms with Gasteiger partial charge in [0.05, 0.1) is 0 Å². The van der Waals surface area contributed by atoms with E-state index in [1.165, 1.54) is 20.8 Å². The summed E-state index contributed by atoms with van der Waals surface area (Å²) in [4.78, 5) is 37.1. The van der Waals surface area contributed by atoms with E-state index in [-0.39, 0.29) is 16.7 Å². The van der Waals surface area contributed by atoms with Crippen molar-refractivity contribution in [1.82, 2.24) is 0 Å². The quantitative estimate of drug-likeness (QED) is 0.388. The molecule has 1 unspecified atom stereocenters. The molecule has 1 N–H and O–H groups in total. The van der Waals surface area contributed by atoms with Crippen LogP contribution in [0.5, 0.6) is 0 Å². The Kier molecular flexibility index (Phi) is 7.31. The van der Waals surface area contributed by atoms with E-state index in [1.54, 1.807) is 0 Å². The Morgan fingerprint density at radius 1 is 1.00 bits per heavy atom. The molecule has 0 spiro atoms. The van der Waals surface area contributed by atoms with Gasteiger partial charge >= 0.3 is 136 Å². The van der Waals surface area contributed by atoms with Crippen molar-refractivity contribution >= 4 is 17.3 Å². The molecule has 0 aliphatic rings. The Labute approximate surface area is 136 Å². The van der Waals surface area contributed by atoms with Crippen LogP contribution >= 0.6 is 0 Å². The molecule has 0 heterocycles. The molecule has 0 bridgehead atoms. The van der Waals surface area contributed by atoms with E-state index in [0.717, 1.165) is 6.92 Å². The van der Waals surface area contributed by atoms with Crippen molar-refractivity contribution in [3.05, 3.63) is 36.5 Å². The molecule has 7 heteroatoms. The number of hydrogen-bond acceptors (Lipinski definition) is 5. The van der Waals surface area contributed by atoms with Crippen LogP contribution in [0, 0.1) is 5.92 Å². The summed E-state index contributed by atoms with van der Waals surface area (Å²) in [6, 6.07) is 0. The van der Waals surface area contributed by atoms with Crippen LogP contribution in [-0.2, 0) is 39.6 Å². The fourth-order valence-corrected chi connectivity index (χ4v) is 2.85. The summed E-state index contributed by atoms with van der Waals surface area (Å²) in [5, 5.41) is 0. The molecule has 0 aromatic rings. The van der Waals surface area contributed by atoms with Crippen LogP contribution in [0.3, 0.4) is 0 Å². The van der Waals surface area contributed by atoms with E-state index < -0.39 is 47.5 Å². The molecular formula is C15H20O6Ti. The van der Waals surface area contributed by atoms with Gasteiger partial charge in [0.15, 0.2) is 0 Å². The second-order valence-corrected chi connectivity index (χ2v) is 6.46. The van der Waals surface area contributed by atoms with Gasteiger partial charge in [0.1, 0.15) is 0 Å². The molecule has 0 aromatic heterocycles. The van der Waals surface area contributed by atoms with Gasteiger partial charge in [0.2, 0.25) is 0 Å². The van der Waals surface area contributed by atoms with Crippen LogP contribution in [0.4, 0.5) is 0 Å². The molecule has 120 valence electrons. The van der Waals surface area contributed by atoms with Gasteiger partial charge in [-0.25, -0.2) is 0 Å². The van der Waals surface area contributed by atoms with E-state index in [0.29, 0.717) is 0 Å². The third kappa shape index (κ3) is 4.58. The van der Waals surface area contributed by atoms with Crippen LogP contribution in [0.15, 0.2) is 36.5 Å². The summed E-state index contributed by atoms with van der Waals surface area (Å²) in [6.07, 6.45) is 0. The van der Waals surface area contributed by atoms with Crippen LogP contribution in [-0.4, -0.2) is 26.6 Å². The SMILES string of the molecule is C=C(C)C(=O)C(C(=O)C(=C)C)C(C)([O][Ti](=[O])[OH])C(=O)C(=C)C. The zero-order valence-electron chi connectivity index (χ0n) is 13.2. The number of allylic oxidation sites excluding steroid dienone is 2. The van der Waals surface area contributed by atoms with Crippen LogP contribution in [0.25, 0.3) is 0 Å². The first-order chi connectivity index (χ1) is 9.86. The van der Waals surface area contributed by atoms with Crippen molar-refractivity contribution in [3.63, 3.8) is 0 Å². The van der Waals surface area contributed by atoms with Gasteiger partial charge in [0.25, 0.3) is 0 Å². The fraction of sp³-hybridized carbons (Fsp3) is 0.400. The summed E-state index contributed by atoms with van der Waals surface area (Å²) in [7, 11) is 0. The number of Topliss-reactive ketones (excluding diaryl/α,β-unsaturated/α-hetero) is 3. The zero-order valence-corrected chi connectivity index (χ0v) is 14.7. The van der Waals surface area contributed by atoms with Crippen molar-refractivity contribution in [2.24, 2.45) is 5.92 Å². The van der Waals surface area contributed by atoms with Gasteiger partial charge in [-0.2, -0.15) is 0 Å². The minimum absolute atomic E-state index is 0.00372. The van der Waals surface area contributed by atoms with Gasteiger partial charge in [0, 0.05) is 0 Å². The Hall–Kier alpha value is -1.34. The topological polar surface area (TPSA) is 97.7 Å². The summed E-state index contributed by atoms with van der Waals surface area (Å²) in [5.41, 5.74) is -2.08. The molecule has 1 atom stereocenters. The van der Waals surface area contributed by atoms with E-state index in [2.05, 4.69) is 19.7 Å². The standard InChI is InChI=1S/C15H19O4.H2O.O.Ti/c1-8(2)12(16)11(13(17)9(3)4)15(7,19)14(18)10(5)6;;;/h11H,1,3,5H2,2,4,6-7H3;1H2;;/q-1;;;+2/p-1. The van der Waals surface area contributed by atoms with E-state index in [4.69, 9.17) is 7.01 Å². The molecule has 6 nitrogen and oxygen atoms in total. The molecule has 0 aromatic carbocycles. The molecule has 0 radical (unpaired) electrons. The van der Waals surface area contributed by atoms with Gasteiger partial charge in [-0.3, -0.25) is 0 Å². The molecule has 0 saturated carbocycles. The van der Waals surface area contributed by atoms with Crippen LogP contribution in [0.2, 0.25) is 0 Å². The van der Waals surface area contributed by atoms with Crippen LogP contribution in [0.1, 0.15) is 27.7 Å². The predicted octanol–water partition coefficient (Wildman–Crippen LogP) is 1.60. The third-order valence-electron chi connectivity index (χ3n) is 3.05. The maximum absolute atomic E-state index is 12.4. The van der Waals surface area contributed by atoms with Crippen molar-refractivity contribution in [2.45, 2.75) is 33.3 Å². The van der Waals surface area contributed by atoms with Crippen molar-refractivity contribution < 1.29 is 43.3 Å². The molecule has 0 aliphatic carbocycles. The van der Waals surface area contributed by atoms with E-state index in [1.807, 2.05) is 0 Å². The monoisotopic (exact) mass is 344 g/mol. The number of hydrogen-bond donors (Lipinski definition) is 1.